The van der Waals surface area contributed by atoms with Crippen LogP contribution in [-0.4, -0.2) is 42.4 Å². The molecular formula is C25H22N4O5. The Bertz CT molecular complexity index is 1290. The molecule has 4 rings (SSSR count). The maximum atomic E-state index is 12.7. The summed E-state index contributed by atoms with van der Waals surface area (Å²) in [4.78, 5) is 21.1. The molecule has 0 radical (unpaired) electrons. The fourth-order valence-electron chi connectivity index (χ4n) is 3.27. The lowest BCUT2D eigenvalue weighted by molar-refractivity contribution is -0.111. The molecule has 9 nitrogen and oxygen atoms in total. The molecule has 0 aliphatic rings. The Morgan fingerprint density at radius 1 is 0.971 bits per heavy atom. The second-order valence-corrected chi connectivity index (χ2v) is 6.99. The Morgan fingerprint density at radius 2 is 1.68 bits per heavy atom. The SMILES string of the molecule is COc1cc(C=CC(=O)Nc2ccccc2-c2nc(-c3ccncc3)no2)cc(OC)c1OC. The summed E-state index contributed by atoms with van der Waals surface area (Å²) in [5.74, 6) is 1.85. The number of hydrogen-bond acceptors (Lipinski definition) is 8. The summed E-state index contributed by atoms with van der Waals surface area (Å²) in [5.41, 5.74) is 2.62. The first kappa shape index (κ1) is 22.5. The zero-order valence-corrected chi connectivity index (χ0v) is 18.8. The van der Waals surface area contributed by atoms with Gasteiger partial charge < -0.3 is 24.1 Å². The van der Waals surface area contributed by atoms with Crippen LogP contribution in [0.2, 0.25) is 0 Å². The van der Waals surface area contributed by atoms with Crippen LogP contribution in [0, 0.1) is 0 Å². The lowest BCUT2D eigenvalue weighted by Crippen LogP contribution is -2.08. The number of carbonyl (C=O) groups excluding carboxylic acids is 1. The van der Waals surface area contributed by atoms with Gasteiger partial charge in [-0.15, -0.1) is 0 Å². The molecule has 0 aliphatic heterocycles. The van der Waals surface area contributed by atoms with Crippen LogP contribution in [0.4, 0.5) is 5.69 Å². The molecule has 2 aromatic heterocycles. The van der Waals surface area contributed by atoms with Crippen LogP contribution in [-0.2, 0) is 4.79 Å². The molecule has 172 valence electrons. The molecule has 1 amide bonds. The van der Waals surface area contributed by atoms with Gasteiger partial charge in [0, 0.05) is 24.0 Å². The van der Waals surface area contributed by atoms with E-state index in [1.54, 1.807) is 54.9 Å². The standard InChI is InChI=1S/C25H22N4O5/c1-31-20-14-16(15-21(32-2)23(20)33-3)8-9-22(30)27-19-7-5-4-6-18(19)25-28-24(29-34-25)17-10-12-26-13-11-17/h4-15H,1-3H3,(H,27,30). The number of benzene rings is 2. The van der Waals surface area contributed by atoms with Gasteiger partial charge in [-0.25, -0.2) is 0 Å². The van der Waals surface area contributed by atoms with Crippen LogP contribution in [0.1, 0.15) is 5.56 Å². The van der Waals surface area contributed by atoms with E-state index in [4.69, 9.17) is 18.7 Å². The second-order valence-electron chi connectivity index (χ2n) is 6.99. The topological polar surface area (TPSA) is 109 Å². The van der Waals surface area contributed by atoms with Gasteiger partial charge in [-0.05, 0) is 48.0 Å². The van der Waals surface area contributed by atoms with Crippen LogP contribution in [0.25, 0.3) is 28.9 Å². The van der Waals surface area contributed by atoms with Crippen molar-refractivity contribution in [2.45, 2.75) is 0 Å². The van der Waals surface area contributed by atoms with E-state index in [0.29, 0.717) is 39.9 Å². The Morgan fingerprint density at radius 3 is 2.35 bits per heavy atom. The highest BCUT2D eigenvalue weighted by atomic mass is 16.5. The lowest BCUT2D eigenvalue weighted by Gasteiger charge is -2.12. The summed E-state index contributed by atoms with van der Waals surface area (Å²) < 4.78 is 21.5. The van der Waals surface area contributed by atoms with Crippen molar-refractivity contribution >= 4 is 17.7 Å². The Labute approximate surface area is 196 Å². The number of amides is 1. The van der Waals surface area contributed by atoms with Gasteiger partial charge in [0.05, 0.1) is 32.6 Å². The number of aromatic nitrogens is 3. The first-order valence-electron chi connectivity index (χ1n) is 10.3. The van der Waals surface area contributed by atoms with Crippen molar-refractivity contribution in [3.63, 3.8) is 0 Å². The summed E-state index contributed by atoms with van der Waals surface area (Å²) >= 11 is 0. The van der Waals surface area contributed by atoms with E-state index in [1.807, 2.05) is 12.1 Å². The molecule has 2 aromatic carbocycles. The average molecular weight is 458 g/mol. The van der Waals surface area contributed by atoms with E-state index in [9.17, 15) is 4.79 Å². The van der Waals surface area contributed by atoms with E-state index in [0.717, 1.165) is 5.56 Å². The number of carbonyl (C=O) groups is 1. The molecule has 0 fully saturated rings. The Balaban J connectivity index is 1.54. The molecule has 9 heteroatoms. The predicted molar refractivity (Wildman–Crippen MR) is 127 cm³/mol. The normalized spacial score (nSPS) is 10.8. The fraction of sp³-hybridized carbons (Fsp3) is 0.120. The quantitative estimate of drug-likeness (QED) is 0.385. The van der Waals surface area contributed by atoms with Gasteiger partial charge in [0.25, 0.3) is 5.89 Å². The second kappa shape index (κ2) is 10.3. The predicted octanol–water partition coefficient (Wildman–Crippen LogP) is 4.48. The summed E-state index contributed by atoms with van der Waals surface area (Å²) in [6.45, 7) is 0. The third kappa shape index (κ3) is 4.88. The van der Waals surface area contributed by atoms with Gasteiger partial charge in [0.2, 0.25) is 17.5 Å². The highest BCUT2D eigenvalue weighted by molar-refractivity contribution is 6.04. The number of anilines is 1. The van der Waals surface area contributed by atoms with Crippen molar-refractivity contribution in [2.24, 2.45) is 0 Å². The highest BCUT2D eigenvalue weighted by Gasteiger charge is 2.15. The Kier molecular flexibility index (Phi) is 6.83. The first-order chi connectivity index (χ1) is 16.6. The summed E-state index contributed by atoms with van der Waals surface area (Å²) in [5, 5.41) is 6.89. The zero-order valence-electron chi connectivity index (χ0n) is 18.8. The molecular weight excluding hydrogens is 436 g/mol. The van der Waals surface area contributed by atoms with Gasteiger partial charge in [-0.1, -0.05) is 17.3 Å². The number of para-hydroxylation sites is 1. The number of methoxy groups -OCH3 is 3. The maximum absolute atomic E-state index is 12.7. The molecule has 1 N–H and O–H groups in total. The number of pyridine rings is 1. The van der Waals surface area contributed by atoms with Crippen molar-refractivity contribution in [2.75, 3.05) is 26.6 Å². The summed E-state index contributed by atoms with van der Waals surface area (Å²) in [6.07, 6.45) is 6.37. The van der Waals surface area contributed by atoms with Gasteiger partial charge >= 0.3 is 0 Å². The zero-order chi connectivity index (χ0) is 23.9. The number of hydrogen-bond donors (Lipinski definition) is 1. The molecule has 0 saturated heterocycles. The molecule has 2 heterocycles. The fourth-order valence-corrected chi connectivity index (χ4v) is 3.27. The molecule has 0 spiro atoms. The minimum absolute atomic E-state index is 0.288. The third-order valence-corrected chi connectivity index (χ3v) is 4.89. The van der Waals surface area contributed by atoms with Crippen molar-refractivity contribution in [1.29, 1.82) is 0 Å². The van der Waals surface area contributed by atoms with Crippen molar-refractivity contribution < 1.29 is 23.5 Å². The minimum Gasteiger partial charge on any atom is -0.493 e. The van der Waals surface area contributed by atoms with Crippen LogP contribution >= 0.6 is 0 Å². The van der Waals surface area contributed by atoms with E-state index in [2.05, 4.69) is 20.4 Å². The Hall–Kier alpha value is -4.66. The average Bonchev–Trinajstić information content (AvgIpc) is 3.38. The lowest BCUT2D eigenvalue weighted by atomic mass is 10.1. The van der Waals surface area contributed by atoms with Crippen LogP contribution in [0.15, 0.2) is 71.5 Å². The van der Waals surface area contributed by atoms with Gasteiger partial charge in [0.15, 0.2) is 11.5 Å². The van der Waals surface area contributed by atoms with E-state index in [1.165, 1.54) is 27.4 Å². The van der Waals surface area contributed by atoms with Crippen LogP contribution in [0.3, 0.4) is 0 Å². The van der Waals surface area contributed by atoms with Crippen molar-refractivity contribution in [3.8, 4) is 40.1 Å². The van der Waals surface area contributed by atoms with Gasteiger partial charge in [0.1, 0.15) is 0 Å². The summed E-state index contributed by atoms with van der Waals surface area (Å²) in [7, 11) is 4.60. The van der Waals surface area contributed by atoms with E-state index >= 15 is 0 Å². The first-order valence-corrected chi connectivity index (χ1v) is 10.3. The van der Waals surface area contributed by atoms with E-state index in [-0.39, 0.29) is 11.8 Å². The summed E-state index contributed by atoms with van der Waals surface area (Å²) in [6, 6.07) is 14.3. The van der Waals surface area contributed by atoms with Crippen molar-refractivity contribution in [3.05, 3.63) is 72.6 Å². The highest BCUT2D eigenvalue weighted by Crippen LogP contribution is 2.38. The van der Waals surface area contributed by atoms with Gasteiger partial charge in [-0.2, -0.15) is 4.98 Å². The van der Waals surface area contributed by atoms with Crippen LogP contribution in [0.5, 0.6) is 17.2 Å². The maximum Gasteiger partial charge on any atom is 0.260 e. The molecule has 34 heavy (non-hydrogen) atoms. The molecule has 0 atom stereocenters. The molecule has 0 unspecified atom stereocenters. The largest absolute Gasteiger partial charge is 0.493 e. The molecule has 4 aromatic rings. The number of rotatable bonds is 8. The minimum atomic E-state index is -0.338. The van der Waals surface area contributed by atoms with Gasteiger partial charge in [-0.3, -0.25) is 9.78 Å². The monoisotopic (exact) mass is 458 g/mol. The molecule has 0 saturated carbocycles. The smallest absolute Gasteiger partial charge is 0.260 e. The van der Waals surface area contributed by atoms with Crippen LogP contribution < -0.4 is 19.5 Å². The third-order valence-electron chi connectivity index (χ3n) is 4.89. The molecule has 0 aliphatic carbocycles. The molecule has 0 bridgehead atoms. The van der Waals surface area contributed by atoms with E-state index < -0.39 is 0 Å². The number of nitrogens with zero attached hydrogens (tertiary/aromatic N) is 3. The van der Waals surface area contributed by atoms with Crippen molar-refractivity contribution in [1.82, 2.24) is 15.1 Å². The number of nitrogens with one attached hydrogen (secondary N) is 1. The number of ether oxygens (including phenoxy) is 3.